The summed E-state index contributed by atoms with van der Waals surface area (Å²) < 4.78 is 0. The summed E-state index contributed by atoms with van der Waals surface area (Å²) in [6, 6.07) is 6.66. The third-order valence-corrected chi connectivity index (χ3v) is 3.14. The van der Waals surface area contributed by atoms with Gasteiger partial charge in [-0.05, 0) is 20.0 Å². The van der Waals surface area contributed by atoms with Crippen molar-refractivity contribution in [3.63, 3.8) is 0 Å². The zero-order valence-corrected chi connectivity index (χ0v) is 10.7. The number of hydrogen-bond donors (Lipinski definition) is 2. The number of hydrogen-bond acceptors (Lipinski definition) is 3. The molecule has 1 amide bonds. The molecule has 0 aromatic heterocycles. The zero-order valence-electron chi connectivity index (χ0n) is 9.93. The first-order valence-electron chi connectivity index (χ1n) is 5.35. The molecule has 0 fully saturated rings. The van der Waals surface area contributed by atoms with E-state index in [-0.39, 0.29) is 0 Å². The molecule has 1 aromatic carbocycles. The van der Waals surface area contributed by atoms with E-state index in [1.165, 1.54) is 0 Å². The van der Waals surface area contributed by atoms with Crippen molar-refractivity contribution in [2.45, 2.75) is 19.1 Å². The average Bonchev–Trinajstić information content (AvgIpc) is 2.28. The number of primary amides is 1. The molecule has 0 saturated heterocycles. The highest BCUT2D eigenvalue weighted by Gasteiger charge is 2.19. The number of aliphatic hydroxyl groups is 1. The maximum atomic E-state index is 11.0. The summed E-state index contributed by atoms with van der Waals surface area (Å²) in [7, 11) is 1.73. The summed E-state index contributed by atoms with van der Waals surface area (Å²) in [6.07, 6.45) is -0.740. The van der Waals surface area contributed by atoms with Gasteiger partial charge in [0, 0.05) is 17.1 Å². The van der Waals surface area contributed by atoms with Crippen molar-refractivity contribution in [2.24, 2.45) is 5.73 Å². The van der Waals surface area contributed by atoms with Gasteiger partial charge in [-0.3, -0.25) is 9.69 Å². The predicted molar refractivity (Wildman–Crippen MR) is 67.7 cm³/mol. The lowest BCUT2D eigenvalue weighted by atomic mass is 10.1. The van der Waals surface area contributed by atoms with Crippen molar-refractivity contribution in [1.29, 1.82) is 0 Å². The quantitative estimate of drug-likeness (QED) is 0.831. The maximum Gasteiger partial charge on any atom is 0.234 e. The number of amides is 1. The first-order valence-corrected chi connectivity index (χ1v) is 5.73. The molecule has 0 aliphatic carbocycles. The second kappa shape index (κ2) is 6.00. The third-order valence-electron chi connectivity index (χ3n) is 2.80. The van der Waals surface area contributed by atoms with Crippen LogP contribution in [0.4, 0.5) is 0 Å². The van der Waals surface area contributed by atoms with Crippen LogP contribution in [0.5, 0.6) is 0 Å². The minimum Gasteiger partial charge on any atom is -0.387 e. The molecule has 2 atom stereocenters. The van der Waals surface area contributed by atoms with Gasteiger partial charge in [0.2, 0.25) is 5.91 Å². The second-order valence-electron chi connectivity index (χ2n) is 4.06. The Balaban J connectivity index is 2.70. The Morgan fingerprint density at radius 2 is 2.12 bits per heavy atom. The van der Waals surface area contributed by atoms with Gasteiger partial charge in [-0.1, -0.05) is 29.8 Å². The molecular weight excluding hydrogens is 240 g/mol. The van der Waals surface area contributed by atoms with Gasteiger partial charge in [0.25, 0.3) is 0 Å². The number of nitrogens with zero attached hydrogens (tertiary/aromatic N) is 1. The molecule has 1 rings (SSSR count). The monoisotopic (exact) mass is 256 g/mol. The normalized spacial score (nSPS) is 14.6. The van der Waals surface area contributed by atoms with Gasteiger partial charge in [-0.25, -0.2) is 0 Å². The fourth-order valence-electron chi connectivity index (χ4n) is 1.49. The van der Waals surface area contributed by atoms with Crippen molar-refractivity contribution in [3.8, 4) is 0 Å². The van der Waals surface area contributed by atoms with E-state index in [0.717, 1.165) is 0 Å². The number of carbonyl (C=O) groups is 1. The van der Waals surface area contributed by atoms with E-state index in [2.05, 4.69) is 0 Å². The lowest BCUT2D eigenvalue weighted by Gasteiger charge is -2.25. The molecule has 0 bridgehead atoms. The highest BCUT2D eigenvalue weighted by atomic mass is 35.5. The van der Waals surface area contributed by atoms with Crippen LogP contribution in [-0.4, -0.2) is 35.5 Å². The molecule has 0 spiro atoms. The molecule has 0 heterocycles. The van der Waals surface area contributed by atoms with E-state index in [1.807, 2.05) is 6.07 Å². The molecule has 0 saturated carbocycles. The number of halogens is 1. The summed E-state index contributed by atoms with van der Waals surface area (Å²) in [6.45, 7) is 2.00. The molecule has 0 aliphatic heterocycles. The van der Waals surface area contributed by atoms with Gasteiger partial charge in [-0.2, -0.15) is 0 Å². The third kappa shape index (κ3) is 3.70. The van der Waals surface area contributed by atoms with E-state index in [1.54, 1.807) is 37.1 Å². The van der Waals surface area contributed by atoms with Crippen LogP contribution in [0.2, 0.25) is 5.02 Å². The van der Waals surface area contributed by atoms with Gasteiger partial charge >= 0.3 is 0 Å². The average molecular weight is 257 g/mol. The van der Waals surface area contributed by atoms with Gasteiger partial charge in [0.15, 0.2) is 0 Å². The molecule has 3 N–H and O–H groups in total. The van der Waals surface area contributed by atoms with E-state index >= 15 is 0 Å². The number of nitrogens with two attached hydrogens (primary N) is 1. The molecule has 1 unspecified atom stereocenters. The highest BCUT2D eigenvalue weighted by Crippen LogP contribution is 2.23. The van der Waals surface area contributed by atoms with Crippen molar-refractivity contribution in [1.82, 2.24) is 4.90 Å². The summed E-state index contributed by atoms with van der Waals surface area (Å²) in [5.74, 6) is -0.418. The van der Waals surface area contributed by atoms with Gasteiger partial charge in [-0.15, -0.1) is 0 Å². The van der Waals surface area contributed by atoms with Crippen molar-refractivity contribution >= 4 is 17.5 Å². The van der Waals surface area contributed by atoms with Crippen LogP contribution < -0.4 is 5.73 Å². The van der Waals surface area contributed by atoms with E-state index < -0.39 is 18.1 Å². The van der Waals surface area contributed by atoms with Gasteiger partial charge < -0.3 is 10.8 Å². The van der Waals surface area contributed by atoms with E-state index in [4.69, 9.17) is 17.3 Å². The Labute approximate surface area is 106 Å². The fraction of sp³-hybridized carbons (Fsp3) is 0.417. The van der Waals surface area contributed by atoms with Crippen LogP contribution in [0, 0.1) is 0 Å². The molecule has 5 heteroatoms. The topological polar surface area (TPSA) is 66.6 Å². The lowest BCUT2D eigenvalue weighted by Crippen LogP contribution is -2.42. The van der Waals surface area contributed by atoms with Crippen LogP contribution in [0.1, 0.15) is 18.6 Å². The van der Waals surface area contributed by atoms with Crippen molar-refractivity contribution in [2.75, 3.05) is 13.6 Å². The fourth-order valence-corrected chi connectivity index (χ4v) is 1.75. The zero-order chi connectivity index (χ0) is 13.0. The Kier molecular flexibility index (Phi) is 4.93. The van der Waals surface area contributed by atoms with E-state index in [9.17, 15) is 9.90 Å². The number of rotatable bonds is 5. The van der Waals surface area contributed by atoms with Crippen LogP contribution in [-0.2, 0) is 4.79 Å². The number of likely N-dealkylation sites (N-methyl/N-ethyl adjacent to an activating group) is 1. The van der Waals surface area contributed by atoms with Gasteiger partial charge in [0.05, 0.1) is 12.1 Å². The molecular formula is C12H17ClN2O2. The first kappa shape index (κ1) is 14.0. The predicted octanol–water partition coefficient (Wildman–Crippen LogP) is 1.18. The standard InChI is InChI=1S/C12H17ClN2O2/c1-8(12(14)17)15(2)7-11(16)9-5-3-4-6-10(9)13/h3-6,8,11,16H,7H2,1-2H3,(H2,14,17)/t8-,11?/m1/s1. The minimum atomic E-state index is -0.740. The molecule has 94 valence electrons. The minimum absolute atomic E-state index is 0.299. The Hall–Kier alpha value is -1.10. The van der Waals surface area contributed by atoms with Crippen LogP contribution in [0.15, 0.2) is 24.3 Å². The highest BCUT2D eigenvalue weighted by molar-refractivity contribution is 6.31. The smallest absolute Gasteiger partial charge is 0.234 e. The lowest BCUT2D eigenvalue weighted by molar-refractivity contribution is -0.122. The summed E-state index contributed by atoms with van der Waals surface area (Å²) in [5.41, 5.74) is 5.84. The summed E-state index contributed by atoms with van der Waals surface area (Å²) in [4.78, 5) is 12.7. The molecule has 0 aliphatic rings. The van der Waals surface area contributed by atoms with Crippen molar-refractivity contribution < 1.29 is 9.90 Å². The largest absolute Gasteiger partial charge is 0.387 e. The summed E-state index contributed by atoms with van der Waals surface area (Å²) in [5, 5.41) is 10.5. The Bertz CT molecular complexity index is 398. The second-order valence-corrected chi connectivity index (χ2v) is 4.46. The first-order chi connectivity index (χ1) is 7.93. The SMILES string of the molecule is C[C@H](C(N)=O)N(C)CC(O)c1ccccc1Cl. The summed E-state index contributed by atoms with van der Waals surface area (Å²) >= 11 is 5.97. The Morgan fingerprint density at radius 3 is 2.65 bits per heavy atom. The number of benzene rings is 1. The van der Waals surface area contributed by atoms with Crippen LogP contribution in [0.25, 0.3) is 0 Å². The van der Waals surface area contributed by atoms with Crippen LogP contribution in [0.3, 0.4) is 0 Å². The van der Waals surface area contributed by atoms with Crippen molar-refractivity contribution in [3.05, 3.63) is 34.9 Å². The molecule has 17 heavy (non-hydrogen) atoms. The number of aliphatic hydroxyl groups excluding tert-OH is 1. The molecule has 0 radical (unpaired) electrons. The number of carbonyl (C=O) groups excluding carboxylic acids is 1. The molecule has 4 nitrogen and oxygen atoms in total. The Morgan fingerprint density at radius 1 is 1.53 bits per heavy atom. The van der Waals surface area contributed by atoms with E-state index in [0.29, 0.717) is 17.1 Å². The maximum absolute atomic E-state index is 11.0. The molecule has 1 aromatic rings. The van der Waals surface area contributed by atoms with Crippen LogP contribution >= 0.6 is 11.6 Å². The van der Waals surface area contributed by atoms with Gasteiger partial charge in [0.1, 0.15) is 0 Å².